The highest BCUT2D eigenvalue weighted by molar-refractivity contribution is 7.91. The van der Waals surface area contributed by atoms with Crippen LogP contribution >= 0.6 is 0 Å². The molecule has 0 spiro atoms. The summed E-state index contributed by atoms with van der Waals surface area (Å²) in [5, 5.41) is 3.06. The van der Waals surface area contributed by atoms with Crippen molar-refractivity contribution in [2.24, 2.45) is 0 Å². The van der Waals surface area contributed by atoms with Gasteiger partial charge in [-0.2, -0.15) is 0 Å². The van der Waals surface area contributed by atoms with Gasteiger partial charge in [-0.25, -0.2) is 8.42 Å². The fourth-order valence-corrected chi connectivity index (χ4v) is 4.40. The quantitative estimate of drug-likeness (QED) is 0.848. The van der Waals surface area contributed by atoms with Gasteiger partial charge in [-0.3, -0.25) is 4.79 Å². The van der Waals surface area contributed by atoms with Gasteiger partial charge in [0.05, 0.1) is 25.2 Å². The standard InChI is InChI=1S/C15H22N2O4S/c1-3-17(13-7-8-22(19,20)11-13)15(18)10-16-12-5-4-6-14(9-12)21-2/h4-6,9,13,16H,3,7-8,10-11H2,1-2H3. The highest BCUT2D eigenvalue weighted by atomic mass is 32.2. The van der Waals surface area contributed by atoms with E-state index in [-0.39, 0.29) is 30.0 Å². The third kappa shape index (κ3) is 4.13. The molecular formula is C15H22N2O4S. The molecule has 1 fully saturated rings. The number of amides is 1. The van der Waals surface area contributed by atoms with Gasteiger partial charge in [0.1, 0.15) is 5.75 Å². The first-order chi connectivity index (χ1) is 10.4. The number of benzene rings is 1. The fourth-order valence-electron chi connectivity index (χ4n) is 2.67. The minimum atomic E-state index is -2.99. The van der Waals surface area contributed by atoms with Gasteiger partial charge in [0.25, 0.3) is 0 Å². The highest BCUT2D eigenvalue weighted by Crippen LogP contribution is 2.19. The lowest BCUT2D eigenvalue weighted by atomic mass is 10.2. The van der Waals surface area contributed by atoms with Gasteiger partial charge < -0.3 is 15.0 Å². The van der Waals surface area contributed by atoms with Crippen LogP contribution in [-0.4, -0.2) is 57.0 Å². The van der Waals surface area contributed by atoms with Gasteiger partial charge in [-0.15, -0.1) is 0 Å². The summed E-state index contributed by atoms with van der Waals surface area (Å²) >= 11 is 0. The summed E-state index contributed by atoms with van der Waals surface area (Å²) in [6.07, 6.45) is 0.529. The van der Waals surface area contributed by atoms with Crippen molar-refractivity contribution < 1.29 is 17.9 Å². The molecule has 22 heavy (non-hydrogen) atoms. The summed E-state index contributed by atoms with van der Waals surface area (Å²) in [6, 6.07) is 7.13. The zero-order valence-electron chi connectivity index (χ0n) is 12.9. The number of nitrogens with zero attached hydrogens (tertiary/aromatic N) is 1. The number of rotatable bonds is 6. The number of carbonyl (C=O) groups excluding carboxylic acids is 1. The summed E-state index contributed by atoms with van der Waals surface area (Å²) in [6.45, 7) is 2.52. The Kier molecular flexibility index (Phi) is 5.28. The van der Waals surface area contributed by atoms with E-state index in [1.165, 1.54) is 0 Å². The molecule has 1 aromatic rings. The monoisotopic (exact) mass is 326 g/mol. The Bertz CT molecular complexity index is 630. The predicted molar refractivity (Wildman–Crippen MR) is 85.9 cm³/mol. The molecule has 1 amide bonds. The van der Waals surface area contributed by atoms with Crippen LogP contribution in [0.1, 0.15) is 13.3 Å². The van der Waals surface area contributed by atoms with Crippen molar-refractivity contribution in [1.82, 2.24) is 4.90 Å². The van der Waals surface area contributed by atoms with Gasteiger partial charge >= 0.3 is 0 Å². The first kappa shape index (κ1) is 16.6. The van der Waals surface area contributed by atoms with Crippen LogP contribution in [0.5, 0.6) is 5.75 Å². The Morgan fingerprint density at radius 3 is 2.82 bits per heavy atom. The van der Waals surface area contributed by atoms with Crippen molar-refractivity contribution in [1.29, 1.82) is 0 Å². The predicted octanol–water partition coefficient (Wildman–Crippen LogP) is 1.14. The number of likely N-dealkylation sites (N-methyl/N-ethyl adjacent to an activating group) is 1. The van der Waals surface area contributed by atoms with Gasteiger partial charge in [0.2, 0.25) is 5.91 Å². The number of hydrogen-bond acceptors (Lipinski definition) is 5. The van der Waals surface area contributed by atoms with Crippen molar-refractivity contribution in [3.8, 4) is 5.75 Å². The Morgan fingerprint density at radius 2 is 2.23 bits per heavy atom. The van der Waals surface area contributed by atoms with E-state index in [0.29, 0.717) is 18.7 Å². The summed E-state index contributed by atoms with van der Waals surface area (Å²) in [4.78, 5) is 14.0. The molecule has 1 saturated heterocycles. The first-order valence-corrected chi connectivity index (χ1v) is 9.15. The Hall–Kier alpha value is -1.76. The van der Waals surface area contributed by atoms with Crippen molar-refractivity contribution in [2.45, 2.75) is 19.4 Å². The molecule has 1 aliphatic heterocycles. The minimum absolute atomic E-state index is 0.0751. The second-order valence-corrected chi connectivity index (χ2v) is 7.55. The topological polar surface area (TPSA) is 75.7 Å². The van der Waals surface area contributed by atoms with Gasteiger partial charge in [-0.05, 0) is 25.5 Å². The molecule has 0 saturated carbocycles. The zero-order chi connectivity index (χ0) is 16.2. The molecule has 0 aromatic heterocycles. The molecule has 2 rings (SSSR count). The summed E-state index contributed by atoms with van der Waals surface area (Å²) in [7, 11) is -1.40. The van der Waals surface area contributed by atoms with Gasteiger partial charge in [-0.1, -0.05) is 6.07 Å². The first-order valence-electron chi connectivity index (χ1n) is 7.33. The maximum Gasteiger partial charge on any atom is 0.242 e. The molecule has 6 nitrogen and oxygen atoms in total. The lowest BCUT2D eigenvalue weighted by molar-refractivity contribution is -0.130. The fraction of sp³-hybridized carbons (Fsp3) is 0.533. The van der Waals surface area contributed by atoms with Crippen molar-refractivity contribution in [3.63, 3.8) is 0 Å². The van der Waals surface area contributed by atoms with Crippen LogP contribution in [0.15, 0.2) is 24.3 Å². The average Bonchev–Trinajstić information content (AvgIpc) is 2.86. The van der Waals surface area contributed by atoms with Crippen LogP contribution in [0, 0.1) is 0 Å². The second-order valence-electron chi connectivity index (χ2n) is 5.32. The SMILES string of the molecule is CCN(C(=O)CNc1cccc(OC)c1)C1CCS(=O)(=O)C1. The van der Waals surface area contributed by atoms with Crippen molar-refractivity contribution >= 4 is 21.4 Å². The zero-order valence-corrected chi connectivity index (χ0v) is 13.7. The number of carbonyl (C=O) groups is 1. The van der Waals surface area contributed by atoms with Crippen molar-refractivity contribution in [2.75, 3.05) is 37.0 Å². The molecule has 1 unspecified atom stereocenters. The Balaban J connectivity index is 1.95. The number of sulfone groups is 1. The van der Waals surface area contributed by atoms with E-state index in [1.807, 2.05) is 31.2 Å². The van der Waals surface area contributed by atoms with E-state index in [2.05, 4.69) is 5.32 Å². The molecule has 0 bridgehead atoms. The minimum Gasteiger partial charge on any atom is -0.497 e. The highest BCUT2D eigenvalue weighted by Gasteiger charge is 2.33. The van der Waals surface area contributed by atoms with E-state index in [1.54, 1.807) is 12.0 Å². The molecule has 7 heteroatoms. The Labute approximate surface area is 131 Å². The van der Waals surface area contributed by atoms with Crippen LogP contribution in [0.2, 0.25) is 0 Å². The molecule has 1 atom stereocenters. The number of methoxy groups -OCH3 is 1. The third-order valence-corrected chi connectivity index (χ3v) is 5.57. The maximum absolute atomic E-state index is 12.3. The van der Waals surface area contributed by atoms with E-state index < -0.39 is 9.84 Å². The van der Waals surface area contributed by atoms with E-state index >= 15 is 0 Å². The molecular weight excluding hydrogens is 304 g/mol. The van der Waals surface area contributed by atoms with E-state index in [9.17, 15) is 13.2 Å². The summed E-state index contributed by atoms with van der Waals surface area (Å²) < 4.78 is 28.3. The second kappa shape index (κ2) is 7.00. The Morgan fingerprint density at radius 1 is 1.45 bits per heavy atom. The average molecular weight is 326 g/mol. The number of nitrogens with one attached hydrogen (secondary N) is 1. The van der Waals surface area contributed by atoms with Gasteiger partial charge in [0.15, 0.2) is 9.84 Å². The molecule has 0 aliphatic carbocycles. The van der Waals surface area contributed by atoms with Crippen LogP contribution in [-0.2, 0) is 14.6 Å². The maximum atomic E-state index is 12.3. The number of hydrogen-bond donors (Lipinski definition) is 1. The molecule has 1 N–H and O–H groups in total. The number of ether oxygens (including phenoxy) is 1. The van der Waals surface area contributed by atoms with E-state index in [0.717, 1.165) is 5.69 Å². The lowest BCUT2D eigenvalue weighted by Crippen LogP contribution is -2.43. The smallest absolute Gasteiger partial charge is 0.242 e. The third-order valence-electron chi connectivity index (χ3n) is 3.82. The molecule has 1 heterocycles. The van der Waals surface area contributed by atoms with Gasteiger partial charge in [0, 0.05) is 24.3 Å². The van der Waals surface area contributed by atoms with Crippen molar-refractivity contribution in [3.05, 3.63) is 24.3 Å². The van der Waals surface area contributed by atoms with Crippen LogP contribution in [0.4, 0.5) is 5.69 Å². The normalized spacial score (nSPS) is 19.6. The largest absolute Gasteiger partial charge is 0.497 e. The van der Waals surface area contributed by atoms with Crippen LogP contribution in [0.3, 0.4) is 0 Å². The molecule has 1 aromatic carbocycles. The number of anilines is 1. The van der Waals surface area contributed by atoms with E-state index in [4.69, 9.17) is 4.74 Å². The lowest BCUT2D eigenvalue weighted by Gasteiger charge is -2.27. The molecule has 0 radical (unpaired) electrons. The molecule has 122 valence electrons. The summed E-state index contributed by atoms with van der Waals surface area (Å²) in [5.41, 5.74) is 0.794. The molecule has 1 aliphatic rings. The summed E-state index contributed by atoms with van der Waals surface area (Å²) in [5.74, 6) is 0.871. The van der Waals surface area contributed by atoms with Crippen LogP contribution < -0.4 is 10.1 Å². The van der Waals surface area contributed by atoms with Crippen LogP contribution in [0.25, 0.3) is 0 Å².